The largest absolute Gasteiger partial charge is 0.392 e. The van der Waals surface area contributed by atoms with E-state index in [0.717, 1.165) is 24.8 Å². The monoisotopic (exact) mass is 306 g/mol. The second-order valence-corrected chi connectivity index (χ2v) is 7.73. The third kappa shape index (κ3) is 1.88. The van der Waals surface area contributed by atoms with Gasteiger partial charge in [0, 0.05) is 5.41 Å². The maximum absolute atomic E-state index is 11.1. The smallest absolute Gasteiger partial charge is 0.0858 e. The lowest BCUT2D eigenvalue weighted by atomic mass is 9.79. The highest BCUT2D eigenvalue weighted by Gasteiger charge is 2.49. The van der Waals surface area contributed by atoms with Gasteiger partial charge in [0.1, 0.15) is 0 Å². The van der Waals surface area contributed by atoms with Gasteiger partial charge < -0.3 is 10.2 Å². The van der Waals surface area contributed by atoms with Crippen LogP contribution in [0.5, 0.6) is 0 Å². The van der Waals surface area contributed by atoms with Crippen molar-refractivity contribution in [3.63, 3.8) is 0 Å². The molecule has 0 aromatic heterocycles. The van der Waals surface area contributed by atoms with Crippen LogP contribution in [0.2, 0.25) is 0 Å². The minimum absolute atomic E-state index is 0.0617. The Balaban J connectivity index is 1.54. The molecule has 0 saturated heterocycles. The van der Waals surface area contributed by atoms with E-state index in [9.17, 15) is 10.2 Å². The predicted octanol–water partition coefficient (Wildman–Crippen LogP) is 3.04. The summed E-state index contributed by atoms with van der Waals surface area (Å²) in [7, 11) is 0. The fourth-order valence-corrected chi connectivity index (χ4v) is 5.16. The summed E-state index contributed by atoms with van der Waals surface area (Å²) in [6, 6.07) is 10.9. The number of hydrogen-bond acceptors (Lipinski definition) is 2. The molecule has 0 bridgehead atoms. The lowest BCUT2D eigenvalue weighted by molar-refractivity contribution is 0.0464. The molecular formula is C21H22O2. The summed E-state index contributed by atoms with van der Waals surface area (Å²) in [4.78, 5) is 0. The van der Waals surface area contributed by atoms with Gasteiger partial charge in [-0.1, -0.05) is 30.3 Å². The van der Waals surface area contributed by atoms with Crippen LogP contribution in [0.15, 0.2) is 30.3 Å². The molecule has 5 rings (SSSR count). The molecule has 2 atom stereocenters. The number of aryl methyl sites for hydroxylation is 2. The third-order valence-corrected chi connectivity index (χ3v) is 6.31. The van der Waals surface area contributed by atoms with Crippen LogP contribution in [0.25, 0.3) is 0 Å². The predicted molar refractivity (Wildman–Crippen MR) is 89.3 cm³/mol. The standard InChI is InChI=1S/C21H22O2/c22-12-13-4-5-16-9-21(10-17(16)6-13)11-18-7-14-2-1-3-15(14)8-19(18)20(21)23/h4-8,20,22-23H,1-3,9-12H2/t20-,21-/m1/s1. The van der Waals surface area contributed by atoms with Gasteiger partial charge in [-0.2, -0.15) is 0 Å². The molecule has 0 amide bonds. The van der Waals surface area contributed by atoms with E-state index in [1.54, 1.807) is 0 Å². The van der Waals surface area contributed by atoms with E-state index in [-0.39, 0.29) is 18.1 Å². The highest BCUT2D eigenvalue weighted by atomic mass is 16.3. The summed E-state index contributed by atoms with van der Waals surface area (Å²) >= 11 is 0. The van der Waals surface area contributed by atoms with Crippen molar-refractivity contribution >= 4 is 0 Å². The summed E-state index contributed by atoms with van der Waals surface area (Å²) in [6.45, 7) is 0.0930. The van der Waals surface area contributed by atoms with Gasteiger partial charge in [-0.3, -0.25) is 0 Å². The normalized spacial score (nSPS) is 27.3. The molecule has 2 heteroatoms. The van der Waals surface area contributed by atoms with Crippen LogP contribution in [0.4, 0.5) is 0 Å². The summed E-state index contributed by atoms with van der Waals surface area (Å²) in [6.07, 6.45) is 6.14. The van der Waals surface area contributed by atoms with E-state index < -0.39 is 0 Å². The van der Waals surface area contributed by atoms with Crippen molar-refractivity contribution in [2.75, 3.05) is 0 Å². The molecular weight excluding hydrogens is 284 g/mol. The Kier molecular flexibility index (Phi) is 2.80. The van der Waals surface area contributed by atoms with Crippen LogP contribution < -0.4 is 0 Å². The first kappa shape index (κ1) is 13.8. The Hall–Kier alpha value is -1.64. The number of hydrogen-bond donors (Lipinski definition) is 2. The van der Waals surface area contributed by atoms with Crippen molar-refractivity contribution in [3.05, 3.63) is 69.3 Å². The quantitative estimate of drug-likeness (QED) is 0.850. The van der Waals surface area contributed by atoms with E-state index in [1.807, 2.05) is 6.07 Å². The van der Waals surface area contributed by atoms with Gasteiger partial charge in [0.05, 0.1) is 12.7 Å². The Morgan fingerprint density at radius 1 is 0.870 bits per heavy atom. The minimum Gasteiger partial charge on any atom is -0.392 e. The van der Waals surface area contributed by atoms with Crippen LogP contribution >= 0.6 is 0 Å². The fraction of sp³-hybridized carbons (Fsp3) is 0.429. The topological polar surface area (TPSA) is 40.5 Å². The summed E-state index contributed by atoms with van der Waals surface area (Å²) in [5.74, 6) is 0. The molecule has 118 valence electrons. The van der Waals surface area contributed by atoms with Crippen LogP contribution in [-0.2, 0) is 38.7 Å². The van der Waals surface area contributed by atoms with Crippen molar-refractivity contribution in [1.82, 2.24) is 0 Å². The molecule has 2 N–H and O–H groups in total. The minimum atomic E-state index is -0.353. The van der Waals surface area contributed by atoms with Crippen molar-refractivity contribution in [2.45, 2.75) is 51.2 Å². The number of rotatable bonds is 1. The first-order chi connectivity index (χ1) is 11.2. The number of aliphatic hydroxyl groups is 2. The fourth-order valence-electron chi connectivity index (χ4n) is 5.16. The van der Waals surface area contributed by atoms with Crippen LogP contribution in [0.1, 0.15) is 51.5 Å². The number of aliphatic hydroxyl groups excluding tert-OH is 2. The van der Waals surface area contributed by atoms with Gasteiger partial charge >= 0.3 is 0 Å². The molecule has 0 aliphatic heterocycles. The molecule has 0 radical (unpaired) electrons. The van der Waals surface area contributed by atoms with Gasteiger partial charge in [-0.15, -0.1) is 0 Å². The molecule has 2 nitrogen and oxygen atoms in total. The van der Waals surface area contributed by atoms with E-state index in [1.165, 1.54) is 52.6 Å². The highest BCUT2D eigenvalue weighted by molar-refractivity contribution is 5.49. The summed E-state index contributed by atoms with van der Waals surface area (Å²) in [5, 5.41) is 20.5. The second-order valence-electron chi connectivity index (χ2n) is 7.73. The van der Waals surface area contributed by atoms with Crippen LogP contribution in [0.3, 0.4) is 0 Å². The number of benzene rings is 2. The van der Waals surface area contributed by atoms with Crippen molar-refractivity contribution in [1.29, 1.82) is 0 Å². The first-order valence-corrected chi connectivity index (χ1v) is 8.73. The molecule has 0 saturated carbocycles. The van der Waals surface area contributed by atoms with Gasteiger partial charge in [0.2, 0.25) is 0 Å². The highest BCUT2D eigenvalue weighted by Crippen LogP contribution is 2.54. The SMILES string of the molecule is OCc1ccc2c(c1)C[C@]1(C2)Cc2cc3c(cc2[C@H]1O)CCC3. The molecule has 23 heavy (non-hydrogen) atoms. The molecule has 0 unspecified atom stereocenters. The Labute approximate surface area is 136 Å². The molecule has 2 aromatic rings. The van der Waals surface area contributed by atoms with Gasteiger partial charge in [0.25, 0.3) is 0 Å². The number of fused-ring (bicyclic) bond motifs is 3. The van der Waals surface area contributed by atoms with Crippen molar-refractivity contribution in [3.8, 4) is 0 Å². The molecule has 0 heterocycles. The Morgan fingerprint density at radius 3 is 2.43 bits per heavy atom. The zero-order valence-electron chi connectivity index (χ0n) is 13.3. The van der Waals surface area contributed by atoms with Gasteiger partial charge in [-0.25, -0.2) is 0 Å². The first-order valence-electron chi connectivity index (χ1n) is 8.73. The van der Waals surface area contributed by atoms with Gasteiger partial charge in [0.15, 0.2) is 0 Å². The molecule has 1 spiro atoms. The van der Waals surface area contributed by atoms with Crippen molar-refractivity contribution < 1.29 is 10.2 Å². The average Bonchev–Trinajstić information content (AvgIpc) is 3.22. The third-order valence-electron chi connectivity index (χ3n) is 6.31. The Morgan fingerprint density at radius 2 is 1.61 bits per heavy atom. The van der Waals surface area contributed by atoms with E-state index in [4.69, 9.17) is 0 Å². The van der Waals surface area contributed by atoms with Crippen LogP contribution in [-0.4, -0.2) is 10.2 Å². The lowest BCUT2D eigenvalue weighted by Gasteiger charge is -2.27. The lowest BCUT2D eigenvalue weighted by Crippen LogP contribution is -2.26. The summed E-state index contributed by atoms with van der Waals surface area (Å²) < 4.78 is 0. The van der Waals surface area contributed by atoms with Crippen molar-refractivity contribution in [2.24, 2.45) is 5.41 Å². The Bertz CT molecular complexity index is 808. The average molecular weight is 306 g/mol. The molecule has 3 aliphatic carbocycles. The second kappa shape index (κ2) is 4.68. The molecule has 0 fully saturated rings. The van der Waals surface area contributed by atoms with E-state index in [2.05, 4.69) is 24.3 Å². The molecule has 2 aromatic carbocycles. The van der Waals surface area contributed by atoms with Gasteiger partial charge in [-0.05, 0) is 77.5 Å². The zero-order valence-corrected chi connectivity index (χ0v) is 13.3. The maximum Gasteiger partial charge on any atom is 0.0858 e. The van der Waals surface area contributed by atoms with Crippen LogP contribution in [0, 0.1) is 5.41 Å². The van der Waals surface area contributed by atoms with E-state index >= 15 is 0 Å². The van der Waals surface area contributed by atoms with E-state index in [0.29, 0.717) is 0 Å². The summed E-state index contributed by atoms with van der Waals surface area (Å²) in [5.41, 5.74) is 9.09. The molecule has 3 aliphatic rings. The zero-order chi connectivity index (χ0) is 15.6. The maximum atomic E-state index is 11.1.